The number of carboxylic acid groups (broad SMARTS) is 1. The summed E-state index contributed by atoms with van der Waals surface area (Å²) in [7, 11) is 1.98. The molecule has 2 aromatic carbocycles. The summed E-state index contributed by atoms with van der Waals surface area (Å²) in [4.78, 5) is 21.9. The van der Waals surface area contributed by atoms with Crippen LogP contribution in [0.2, 0.25) is 0 Å². The van der Waals surface area contributed by atoms with E-state index in [2.05, 4.69) is 14.9 Å². The molecular weight excluding hydrogens is 434 g/mol. The highest BCUT2D eigenvalue weighted by molar-refractivity contribution is 6.06. The number of furan rings is 1. The number of ether oxygens (including phenoxy) is 2. The number of hydrogen-bond acceptors (Lipinski definition) is 7. The number of benzene rings is 2. The average molecular weight is 460 g/mol. The monoisotopic (exact) mass is 459 g/mol. The molecule has 0 aliphatic carbocycles. The lowest BCUT2D eigenvalue weighted by Gasteiger charge is -2.19. The van der Waals surface area contributed by atoms with Crippen LogP contribution >= 0.6 is 0 Å². The predicted octanol–water partition coefficient (Wildman–Crippen LogP) is 5.37. The summed E-state index contributed by atoms with van der Waals surface area (Å²) in [6.07, 6.45) is 4.06. The second-order valence-electron chi connectivity index (χ2n) is 8.24. The number of anilines is 1. The highest BCUT2D eigenvalue weighted by Gasteiger charge is 2.25. The van der Waals surface area contributed by atoms with Crippen LogP contribution in [0.15, 0.2) is 59.3 Å². The molecule has 5 rings (SSSR count). The molecule has 8 nitrogen and oxygen atoms in total. The fraction of sp³-hybridized carbons (Fsp3) is 0.269. The third-order valence-corrected chi connectivity index (χ3v) is 5.91. The molecule has 174 valence electrons. The van der Waals surface area contributed by atoms with Gasteiger partial charge in [0.25, 0.3) is 0 Å². The van der Waals surface area contributed by atoms with Crippen molar-refractivity contribution in [1.29, 1.82) is 0 Å². The molecule has 0 bridgehead atoms. The zero-order valence-electron chi connectivity index (χ0n) is 18.9. The minimum Gasteiger partial charge on any atom is -0.481 e. The summed E-state index contributed by atoms with van der Waals surface area (Å²) in [6.45, 7) is 0.938. The van der Waals surface area contributed by atoms with Gasteiger partial charge in [-0.25, -0.2) is 9.97 Å². The van der Waals surface area contributed by atoms with Crippen LogP contribution in [-0.2, 0) is 4.79 Å². The normalized spacial score (nSPS) is 12.3. The summed E-state index contributed by atoms with van der Waals surface area (Å²) >= 11 is 0. The van der Waals surface area contributed by atoms with E-state index in [1.54, 1.807) is 0 Å². The number of aromatic nitrogens is 2. The van der Waals surface area contributed by atoms with Crippen molar-refractivity contribution in [2.45, 2.75) is 25.7 Å². The zero-order chi connectivity index (χ0) is 23.5. The van der Waals surface area contributed by atoms with Gasteiger partial charge in [-0.05, 0) is 30.5 Å². The van der Waals surface area contributed by atoms with Crippen LogP contribution in [0.25, 0.3) is 33.6 Å². The summed E-state index contributed by atoms with van der Waals surface area (Å²) in [6, 6.07) is 15.8. The molecule has 0 spiro atoms. The van der Waals surface area contributed by atoms with Crippen molar-refractivity contribution in [3.8, 4) is 33.9 Å². The second-order valence-corrected chi connectivity index (χ2v) is 8.24. The number of carbonyl (C=O) groups is 1. The zero-order valence-corrected chi connectivity index (χ0v) is 18.9. The Balaban J connectivity index is 1.57. The summed E-state index contributed by atoms with van der Waals surface area (Å²) in [5.41, 5.74) is 3.27. The first-order chi connectivity index (χ1) is 16.6. The van der Waals surface area contributed by atoms with Gasteiger partial charge in [0.1, 0.15) is 17.9 Å². The van der Waals surface area contributed by atoms with Gasteiger partial charge in [0.2, 0.25) is 12.5 Å². The molecule has 0 saturated carbocycles. The van der Waals surface area contributed by atoms with Crippen LogP contribution < -0.4 is 14.4 Å². The Morgan fingerprint density at radius 3 is 2.65 bits per heavy atom. The number of carboxylic acids is 1. The fourth-order valence-electron chi connectivity index (χ4n) is 4.24. The number of hydrogen-bond donors (Lipinski definition) is 1. The minimum atomic E-state index is -0.758. The van der Waals surface area contributed by atoms with Crippen LogP contribution in [0.5, 0.6) is 11.5 Å². The van der Waals surface area contributed by atoms with E-state index in [-0.39, 0.29) is 13.2 Å². The smallest absolute Gasteiger partial charge is 0.303 e. The first-order valence-electron chi connectivity index (χ1n) is 11.3. The molecule has 0 unspecified atom stereocenters. The largest absolute Gasteiger partial charge is 0.481 e. The molecule has 1 N–H and O–H groups in total. The van der Waals surface area contributed by atoms with Crippen molar-refractivity contribution in [3.05, 3.63) is 54.9 Å². The first-order valence-corrected chi connectivity index (χ1v) is 11.3. The molecular formula is C26H25N3O5. The van der Waals surface area contributed by atoms with Gasteiger partial charge in [0, 0.05) is 31.1 Å². The molecule has 0 atom stereocenters. The third-order valence-electron chi connectivity index (χ3n) is 5.91. The molecule has 0 fully saturated rings. The van der Waals surface area contributed by atoms with E-state index < -0.39 is 5.97 Å². The van der Waals surface area contributed by atoms with Crippen molar-refractivity contribution in [1.82, 2.24) is 9.97 Å². The molecule has 2 aromatic heterocycles. The lowest BCUT2D eigenvalue weighted by molar-refractivity contribution is -0.137. The maximum absolute atomic E-state index is 10.8. The summed E-state index contributed by atoms with van der Waals surface area (Å²) in [5, 5.41) is 9.68. The van der Waals surface area contributed by atoms with Gasteiger partial charge in [-0.1, -0.05) is 42.8 Å². The van der Waals surface area contributed by atoms with E-state index in [1.165, 1.54) is 6.33 Å². The van der Waals surface area contributed by atoms with E-state index in [9.17, 15) is 4.79 Å². The number of fused-ring (bicyclic) bond motifs is 2. The summed E-state index contributed by atoms with van der Waals surface area (Å²) < 4.78 is 17.4. The SMILES string of the molecule is CN(CCCCCC(=O)O)c1ncnc2oc(-c3ccccc3)c(-c3ccc4c(c3)OCO4)c12. The van der Waals surface area contributed by atoms with Gasteiger partial charge in [-0.2, -0.15) is 0 Å². The van der Waals surface area contributed by atoms with Crippen LogP contribution in [0.4, 0.5) is 5.82 Å². The Bertz CT molecular complexity index is 1320. The van der Waals surface area contributed by atoms with Crippen molar-refractivity contribution in [3.63, 3.8) is 0 Å². The van der Waals surface area contributed by atoms with Gasteiger partial charge in [-0.3, -0.25) is 4.79 Å². The number of aliphatic carboxylic acids is 1. The number of rotatable bonds is 9. The molecule has 34 heavy (non-hydrogen) atoms. The van der Waals surface area contributed by atoms with Gasteiger partial charge >= 0.3 is 5.97 Å². The van der Waals surface area contributed by atoms with E-state index >= 15 is 0 Å². The topological polar surface area (TPSA) is 97.9 Å². The number of nitrogens with zero attached hydrogens (tertiary/aromatic N) is 3. The van der Waals surface area contributed by atoms with Gasteiger partial charge in [0.15, 0.2) is 11.5 Å². The Morgan fingerprint density at radius 2 is 1.82 bits per heavy atom. The number of unbranched alkanes of at least 4 members (excludes halogenated alkanes) is 2. The Hall–Kier alpha value is -4.07. The third kappa shape index (κ3) is 4.26. The minimum absolute atomic E-state index is 0.192. The first kappa shape index (κ1) is 21.8. The van der Waals surface area contributed by atoms with E-state index in [1.807, 2.05) is 55.6 Å². The summed E-state index contributed by atoms with van der Waals surface area (Å²) in [5.74, 6) is 2.13. The highest BCUT2D eigenvalue weighted by atomic mass is 16.7. The Morgan fingerprint density at radius 1 is 1.00 bits per heavy atom. The fourth-order valence-corrected chi connectivity index (χ4v) is 4.24. The maximum atomic E-state index is 10.8. The molecule has 0 radical (unpaired) electrons. The molecule has 4 aromatic rings. The van der Waals surface area contributed by atoms with Crippen LogP contribution in [0, 0.1) is 0 Å². The molecule has 1 aliphatic heterocycles. The maximum Gasteiger partial charge on any atom is 0.303 e. The van der Waals surface area contributed by atoms with Crippen molar-refractivity contribution < 1.29 is 23.8 Å². The molecule has 8 heteroatoms. The van der Waals surface area contributed by atoms with Crippen molar-refractivity contribution in [2.24, 2.45) is 0 Å². The standard InChI is InChI=1S/C26H25N3O5/c1-29(13-7-3-6-10-21(30)31)25-23-22(18-11-12-19-20(14-18)33-16-32-19)24(17-8-4-2-5-9-17)34-26(23)28-15-27-25/h2,4-5,8-9,11-12,14-15H,3,6-7,10,13,16H2,1H3,(H,30,31). The average Bonchev–Trinajstić information content (AvgIpc) is 3.48. The Kier molecular flexibility index (Phi) is 6.03. The molecule has 3 heterocycles. The lowest BCUT2D eigenvalue weighted by atomic mass is 9.98. The highest BCUT2D eigenvalue weighted by Crippen LogP contribution is 2.45. The lowest BCUT2D eigenvalue weighted by Crippen LogP contribution is -2.20. The van der Waals surface area contributed by atoms with Crippen LogP contribution in [0.3, 0.4) is 0 Å². The van der Waals surface area contributed by atoms with Gasteiger partial charge in [0.05, 0.1) is 5.39 Å². The van der Waals surface area contributed by atoms with E-state index in [0.29, 0.717) is 29.4 Å². The predicted molar refractivity (Wildman–Crippen MR) is 128 cm³/mol. The van der Waals surface area contributed by atoms with Crippen molar-refractivity contribution in [2.75, 3.05) is 25.3 Å². The molecule has 1 aliphatic rings. The van der Waals surface area contributed by atoms with Gasteiger partial charge < -0.3 is 23.9 Å². The van der Waals surface area contributed by atoms with Gasteiger partial charge in [-0.15, -0.1) is 0 Å². The Labute approximate surface area is 196 Å². The second kappa shape index (κ2) is 9.43. The van der Waals surface area contributed by atoms with E-state index in [0.717, 1.165) is 47.3 Å². The molecule has 0 amide bonds. The van der Waals surface area contributed by atoms with Crippen molar-refractivity contribution >= 4 is 22.9 Å². The quantitative estimate of drug-likeness (QED) is 0.334. The molecule has 0 saturated heterocycles. The van der Waals surface area contributed by atoms with Crippen LogP contribution in [-0.4, -0.2) is 41.4 Å². The van der Waals surface area contributed by atoms with Crippen LogP contribution in [0.1, 0.15) is 25.7 Å². The van der Waals surface area contributed by atoms with E-state index in [4.69, 9.17) is 19.0 Å².